The molecule has 3 N–H and O–H groups in total. The van der Waals surface area contributed by atoms with Gasteiger partial charge in [0.1, 0.15) is 12.3 Å². The lowest BCUT2D eigenvalue weighted by Crippen LogP contribution is -2.36. The number of ether oxygens (including phenoxy) is 1. The first kappa shape index (κ1) is 22.4. The van der Waals surface area contributed by atoms with Crippen LogP contribution in [0.1, 0.15) is 11.1 Å². The highest BCUT2D eigenvalue weighted by Gasteiger charge is 2.35. The van der Waals surface area contributed by atoms with Gasteiger partial charge in [-0.25, -0.2) is 0 Å². The van der Waals surface area contributed by atoms with Crippen LogP contribution in [0.4, 0.5) is 10.5 Å². The van der Waals surface area contributed by atoms with Crippen LogP contribution in [0.15, 0.2) is 47.4 Å². The van der Waals surface area contributed by atoms with Gasteiger partial charge in [-0.2, -0.15) is 0 Å². The standard InChI is InChI=1S/C21H18ClN3O5S/c1-12-2-5-14(9-16(12)22)24-19(27)11-30-15-6-3-13(4-7-15)8-17-20(28)25(10-18(23)26)21(29)31-17/h2-9H,10-11H2,1H3,(H2,23,26)(H,24,27)/b17-8-. The van der Waals surface area contributed by atoms with Gasteiger partial charge in [-0.3, -0.25) is 24.1 Å². The molecule has 10 heteroatoms. The van der Waals surface area contributed by atoms with Crippen LogP contribution in [0, 0.1) is 6.92 Å². The number of thioether (sulfide) groups is 1. The van der Waals surface area contributed by atoms with Crippen LogP contribution >= 0.6 is 23.4 Å². The number of nitrogens with one attached hydrogen (secondary N) is 1. The van der Waals surface area contributed by atoms with Gasteiger partial charge in [-0.15, -0.1) is 0 Å². The van der Waals surface area contributed by atoms with E-state index < -0.39 is 23.6 Å². The van der Waals surface area contributed by atoms with Crippen LogP contribution in [0.3, 0.4) is 0 Å². The summed E-state index contributed by atoms with van der Waals surface area (Å²) in [6.45, 7) is 1.22. The summed E-state index contributed by atoms with van der Waals surface area (Å²) in [6.07, 6.45) is 1.53. The van der Waals surface area contributed by atoms with Gasteiger partial charge in [0.2, 0.25) is 5.91 Å². The summed E-state index contributed by atoms with van der Waals surface area (Å²) in [4.78, 5) is 48.1. The third-order valence-corrected chi connectivity index (χ3v) is 5.51. The second kappa shape index (κ2) is 9.67. The number of primary amides is 1. The van der Waals surface area contributed by atoms with E-state index in [1.54, 1.807) is 42.5 Å². The van der Waals surface area contributed by atoms with Crippen LogP contribution in [0.5, 0.6) is 5.75 Å². The van der Waals surface area contributed by atoms with Gasteiger partial charge in [0.25, 0.3) is 17.1 Å². The highest BCUT2D eigenvalue weighted by molar-refractivity contribution is 8.18. The zero-order chi connectivity index (χ0) is 22.5. The van der Waals surface area contributed by atoms with Gasteiger partial charge in [-0.1, -0.05) is 29.8 Å². The number of nitrogens with two attached hydrogens (primary N) is 1. The molecule has 2 aromatic rings. The summed E-state index contributed by atoms with van der Waals surface area (Å²) in [7, 11) is 0. The third kappa shape index (κ3) is 5.87. The molecule has 4 amide bonds. The summed E-state index contributed by atoms with van der Waals surface area (Å²) in [5.41, 5.74) is 7.19. The Morgan fingerprint density at radius 2 is 1.90 bits per heavy atom. The maximum absolute atomic E-state index is 12.2. The summed E-state index contributed by atoms with van der Waals surface area (Å²) >= 11 is 6.78. The number of amides is 4. The summed E-state index contributed by atoms with van der Waals surface area (Å²) < 4.78 is 5.47. The number of carbonyl (C=O) groups is 4. The Morgan fingerprint density at radius 3 is 2.55 bits per heavy atom. The zero-order valence-corrected chi connectivity index (χ0v) is 18.0. The van der Waals surface area contributed by atoms with Crippen LogP contribution in [0.2, 0.25) is 5.02 Å². The first-order valence-corrected chi connectivity index (χ1v) is 10.2. The van der Waals surface area contributed by atoms with Gasteiger partial charge >= 0.3 is 0 Å². The molecule has 3 rings (SSSR count). The minimum atomic E-state index is -0.764. The average Bonchev–Trinajstić information content (AvgIpc) is 2.97. The molecule has 1 aliphatic heterocycles. The second-order valence-electron chi connectivity index (χ2n) is 6.60. The number of rotatable bonds is 7. The first-order valence-electron chi connectivity index (χ1n) is 9.05. The lowest BCUT2D eigenvalue weighted by molar-refractivity contribution is -0.127. The van der Waals surface area contributed by atoms with Crippen molar-refractivity contribution in [2.24, 2.45) is 5.73 Å². The van der Waals surface area contributed by atoms with Crippen molar-refractivity contribution in [2.75, 3.05) is 18.5 Å². The van der Waals surface area contributed by atoms with E-state index in [2.05, 4.69) is 5.32 Å². The molecule has 2 aromatic carbocycles. The molecular weight excluding hydrogens is 442 g/mol. The number of anilines is 1. The number of nitrogens with zero attached hydrogens (tertiary/aromatic N) is 1. The largest absolute Gasteiger partial charge is 0.484 e. The molecule has 160 valence electrons. The third-order valence-electron chi connectivity index (χ3n) is 4.19. The molecular formula is C21H18ClN3O5S. The van der Waals surface area contributed by atoms with Gasteiger partial charge in [0.05, 0.1) is 4.91 Å². The predicted molar refractivity (Wildman–Crippen MR) is 119 cm³/mol. The van der Waals surface area contributed by atoms with E-state index in [-0.39, 0.29) is 17.4 Å². The first-order chi connectivity index (χ1) is 14.7. The highest BCUT2D eigenvalue weighted by Crippen LogP contribution is 2.32. The minimum absolute atomic E-state index is 0.191. The fraction of sp³-hybridized carbons (Fsp3) is 0.143. The van der Waals surface area contributed by atoms with Crippen molar-refractivity contribution < 1.29 is 23.9 Å². The van der Waals surface area contributed by atoms with Crippen molar-refractivity contribution >= 4 is 58.1 Å². The van der Waals surface area contributed by atoms with Gasteiger partial charge in [0.15, 0.2) is 6.61 Å². The van der Waals surface area contributed by atoms with E-state index in [9.17, 15) is 19.2 Å². The van der Waals surface area contributed by atoms with Crippen molar-refractivity contribution in [1.82, 2.24) is 4.90 Å². The molecule has 0 spiro atoms. The number of aryl methyl sites for hydroxylation is 1. The number of halogens is 1. The molecule has 0 radical (unpaired) electrons. The summed E-state index contributed by atoms with van der Waals surface area (Å²) in [6, 6.07) is 11.8. The normalized spacial score (nSPS) is 14.8. The Balaban J connectivity index is 1.56. The molecule has 8 nitrogen and oxygen atoms in total. The Kier molecular flexibility index (Phi) is 6.98. The maximum atomic E-state index is 12.2. The van der Waals surface area contributed by atoms with Gasteiger partial charge < -0.3 is 15.8 Å². The molecule has 0 bridgehead atoms. The van der Waals surface area contributed by atoms with Gasteiger partial charge in [-0.05, 0) is 60.2 Å². The Morgan fingerprint density at radius 1 is 1.19 bits per heavy atom. The number of benzene rings is 2. The topological polar surface area (TPSA) is 119 Å². The van der Waals surface area contributed by atoms with Crippen molar-refractivity contribution in [3.8, 4) is 5.75 Å². The highest BCUT2D eigenvalue weighted by atomic mass is 35.5. The van der Waals surface area contributed by atoms with E-state index in [1.165, 1.54) is 6.08 Å². The number of hydrogen-bond acceptors (Lipinski definition) is 6. The van der Waals surface area contributed by atoms with E-state index in [4.69, 9.17) is 22.1 Å². The molecule has 0 aromatic heterocycles. The number of carbonyl (C=O) groups excluding carboxylic acids is 4. The van der Waals surface area contributed by atoms with E-state index >= 15 is 0 Å². The molecule has 1 saturated heterocycles. The molecule has 0 atom stereocenters. The maximum Gasteiger partial charge on any atom is 0.294 e. The smallest absolute Gasteiger partial charge is 0.294 e. The lowest BCUT2D eigenvalue weighted by Gasteiger charge is -2.09. The van der Waals surface area contributed by atoms with Gasteiger partial charge in [0, 0.05) is 10.7 Å². The van der Waals surface area contributed by atoms with E-state index in [1.807, 2.05) is 6.92 Å². The van der Waals surface area contributed by atoms with Crippen molar-refractivity contribution in [3.05, 3.63) is 63.5 Å². The van der Waals surface area contributed by atoms with E-state index in [0.29, 0.717) is 22.0 Å². The molecule has 1 heterocycles. The Bertz CT molecular complexity index is 1080. The Labute approximate surface area is 187 Å². The molecule has 0 unspecified atom stereocenters. The van der Waals surface area contributed by atoms with Crippen LogP contribution in [0.25, 0.3) is 6.08 Å². The fourth-order valence-electron chi connectivity index (χ4n) is 2.62. The monoisotopic (exact) mass is 459 g/mol. The van der Waals surface area contributed by atoms with Crippen LogP contribution < -0.4 is 15.8 Å². The average molecular weight is 460 g/mol. The second-order valence-corrected chi connectivity index (χ2v) is 8.00. The number of hydrogen-bond donors (Lipinski definition) is 2. The molecule has 0 aliphatic carbocycles. The fourth-order valence-corrected chi connectivity index (χ4v) is 3.64. The molecule has 0 saturated carbocycles. The van der Waals surface area contributed by atoms with Crippen molar-refractivity contribution in [3.63, 3.8) is 0 Å². The molecule has 31 heavy (non-hydrogen) atoms. The summed E-state index contributed by atoms with van der Waals surface area (Å²) in [5.74, 6) is -1.22. The lowest BCUT2D eigenvalue weighted by atomic mass is 10.2. The quantitative estimate of drug-likeness (QED) is 0.614. The predicted octanol–water partition coefficient (Wildman–Crippen LogP) is 3.19. The molecule has 1 aliphatic rings. The van der Waals surface area contributed by atoms with Crippen molar-refractivity contribution in [1.29, 1.82) is 0 Å². The van der Waals surface area contributed by atoms with Crippen molar-refractivity contribution in [2.45, 2.75) is 6.92 Å². The van der Waals surface area contributed by atoms with Crippen LogP contribution in [-0.4, -0.2) is 41.0 Å². The summed E-state index contributed by atoms with van der Waals surface area (Å²) in [5, 5.41) is 2.71. The number of imide groups is 1. The molecule has 1 fully saturated rings. The van der Waals surface area contributed by atoms with Crippen LogP contribution in [-0.2, 0) is 14.4 Å². The SMILES string of the molecule is Cc1ccc(NC(=O)COc2ccc(/C=C3\SC(=O)N(CC(N)=O)C3=O)cc2)cc1Cl. The van der Waals surface area contributed by atoms with E-state index in [0.717, 1.165) is 22.2 Å². The Hall–Kier alpha value is -3.30. The minimum Gasteiger partial charge on any atom is -0.484 e. The zero-order valence-electron chi connectivity index (χ0n) is 16.4.